The lowest BCUT2D eigenvalue weighted by Crippen LogP contribution is -2.24. The van der Waals surface area contributed by atoms with Gasteiger partial charge in [-0.1, -0.05) is 48.5 Å². The zero-order valence-electron chi connectivity index (χ0n) is 15.5. The number of rotatable bonds is 6. The van der Waals surface area contributed by atoms with Crippen molar-refractivity contribution in [2.24, 2.45) is 0 Å². The Labute approximate surface area is 167 Å². The van der Waals surface area contributed by atoms with Crippen molar-refractivity contribution in [3.63, 3.8) is 0 Å². The van der Waals surface area contributed by atoms with Gasteiger partial charge in [0.1, 0.15) is 10.8 Å². The molecule has 0 spiro atoms. The summed E-state index contributed by atoms with van der Waals surface area (Å²) >= 11 is 1.57. The number of hydrogen-bond donors (Lipinski definition) is 1. The molecule has 1 amide bonds. The molecule has 0 bridgehead atoms. The Kier molecular flexibility index (Phi) is 5.35. The fourth-order valence-electron chi connectivity index (χ4n) is 3.04. The first-order valence-electron chi connectivity index (χ1n) is 9.06. The second kappa shape index (κ2) is 8.23. The molecule has 0 unspecified atom stereocenters. The minimum atomic E-state index is -0.0369. The van der Waals surface area contributed by atoms with Crippen molar-refractivity contribution in [2.75, 3.05) is 7.11 Å². The van der Waals surface area contributed by atoms with Crippen LogP contribution < -0.4 is 10.1 Å². The quantitative estimate of drug-likeness (QED) is 0.515. The number of ether oxygens (including phenoxy) is 1. The molecule has 28 heavy (non-hydrogen) atoms. The number of nitrogens with one attached hydrogen (secondary N) is 1. The Balaban J connectivity index is 1.43. The van der Waals surface area contributed by atoms with Crippen LogP contribution in [0.4, 0.5) is 0 Å². The summed E-state index contributed by atoms with van der Waals surface area (Å²) in [5.41, 5.74) is 4.27. The molecule has 0 radical (unpaired) electrons. The second-order valence-electron chi connectivity index (χ2n) is 6.46. The van der Waals surface area contributed by atoms with Crippen LogP contribution in [-0.2, 0) is 17.8 Å². The smallest absolute Gasteiger partial charge is 0.227 e. The molecule has 1 heterocycles. The molecule has 140 valence electrons. The number of fused-ring (bicyclic) bond motifs is 1. The lowest BCUT2D eigenvalue weighted by molar-refractivity contribution is -0.120. The van der Waals surface area contributed by atoms with E-state index in [9.17, 15) is 4.79 Å². The highest BCUT2D eigenvalue weighted by molar-refractivity contribution is 7.18. The summed E-state index contributed by atoms with van der Waals surface area (Å²) in [4.78, 5) is 16.9. The molecule has 1 aromatic heterocycles. The normalized spacial score (nSPS) is 10.8. The third-order valence-electron chi connectivity index (χ3n) is 4.48. The molecule has 0 atom stereocenters. The summed E-state index contributed by atoms with van der Waals surface area (Å²) in [6.07, 6.45) is 0.282. The van der Waals surface area contributed by atoms with Crippen molar-refractivity contribution in [2.45, 2.75) is 13.0 Å². The molecular weight excluding hydrogens is 368 g/mol. The fraction of sp³-hybridized carbons (Fsp3) is 0.130. The van der Waals surface area contributed by atoms with Crippen LogP contribution in [0.15, 0.2) is 72.8 Å². The number of amides is 1. The Morgan fingerprint density at radius 1 is 1.00 bits per heavy atom. The minimum Gasteiger partial charge on any atom is -0.497 e. The van der Waals surface area contributed by atoms with Crippen LogP contribution in [0, 0.1) is 0 Å². The molecule has 4 nitrogen and oxygen atoms in total. The summed E-state index contributed by atoms with van der Waals surface area (Å²) in [6, 6.07) is 24.2. The molecular formula is C23H20N2O2S. The van der Waals surface area contributed by atoms with Gasteiger partial charge in [-0.15, -0.1) is 11.3 Å². The molecule has 0 aliphatic heterocycles. The van der Waals surface area contributed by atoms with Gasteiger partial charge in [0.05, 0.1) is 23.7 Å². The van der Waals surface area contributed by atoms with Crippen molar-refractivity contribution in [1.29, 1.82) is 0 Å². The first-order chi connectivity index (χ1) is 13.7. The van der Waals surface area contributed by atoms with Gasteiger partial charge >= 0.3 is 0 Å². The Hall–Kier alpha value is -3.18. The fourth-order valence-corrected chi connectivity index (χ4v) is 4.05. The second-order valence-corrected chi connectivity index (χ2v) is 7.58. The van der Waals surface area contributed by atoms with Gasteiger partial charge in [-0.2, -0.15) is 0 Å². The van der Waals surface area contributed by atoms with Crippen LogP contribution in [0.1, 0.15) is 10.6 Å². The number of carbonyl (C=O) groups is 1. The Morgan fingerprint density at radius 3 is 2.68 bits per heavy atom. The van der Waals surface area contributed by atoms with Crippen LogP contribution in [0.25, 0.3) is 21.3 Å². The molecule has 0 saturated carbocycles. The zero-order chi connectivity index (χ0) is 19.3. The van der Waals surface area contributed by atoms with E-state index in [1.807, 2.05) is 48.5 Å². The van der Waals surface area contributed by atoms with Crippen molar-refractivity contribution in [1.82, 2.24) is 10.3 Å². The number of aromatic nitrogens is 1. The molecule has 1 N–H and O–H groups in total. The first-order valence-corrected chi connectivity index (χ1v) is 9.87. The van der Waals surface area contributed by atoms with Gasteiger partial charge in [-0.3, -0.25) is 4.79 Å². The average molecular weight is 388 g/mol. The van der Waals surface area contributed by atoms with Crippen molar-refractivity contribution in [3.05, 3.63) is 83.4 Å². The number of methoxy groups -OCH3 is 1. The summed E-state index contributed by atoms with van der Waals surface area (Å²) in [6.45, 7) is 0.471. The molecule has 0 aliphatic carbocycles. The summed E-state index contributed by atoms with van der Waals surface area (Å²) < 4.78 is 6.31. The SMILES string of the molecule is COc1cccc(CNC(=O)Cc2nc3ccc(-c4ccccc4)cc3s2)c1. The number of benzene rings is 3. The van der Waals surface area contributed by atoms with Crippen LogP contribution >= 0.6 is 11.3 Å². The molecule has 0 saturated heterocycles. The lowest BCUT2D eigenvalue weighted by atomic mass is 10.1. The van der Waals surface area contributed by atoms with Gasteiger partial charge in [0.2, 0.25) is 5.91 Å². The standard InChI is InChI=1S/C23H20N2O2S/c1-27-19-9-5-6-16(12-19)15-24-22(26)14-23-25-20-11-10-18(13-21(20)28-23)17-7-3-2-4-8-17/h2-13H,14-15H2,1H3,(H,24,26). The van der Waals surface area contributed by atoms with Crippen molar-refractivity contribution < 1.29 is 9.53 Å². The van der Waals surface area contributed by atoms with Crippen molar-refractivity contribution >= 4 is 27.5 Å². The van der Waals surface area contributed by atoms with E-state index in [1.54, 1.807) is 18.4 Å². The largest absolute Gasteiger partial charge is 0.497 e. The van der Waals surface area contributed by atoms with E-state index in [2.05, 4.69) is 34.6 Å². The maximum absolute atomic E-state index is 12.3. The number of carbonyl (C=O) groups excluding carboxylic acids is 1. The highest BCUT2D eigenvalue weighted by Gasteiger charge is 2.10. The van der Waals surface area contributed by atoms with Crippen LogP contribution in [-0.4, -0.2) is 18.0 Å². The van der Waals surface area contributed by atoms with Gasteiger partial charge in [0.25, 0.3) is 0 Å². The maximum Gasteiger partial charge on any atom is 0.227 e. The predicted molar refractivity (Wildman–Crippen MR) is 114 cm³/mol. The lowest BCUT2D eigenvalue weighted by Gasteiger charge is -2.06. The third-order valence-corrected chi connectivity index (χ3v) is 5.49. The molecule has 4 aromatic rings. The highest BCUT2D eigenvalue weighted by atomic mass is 32.1. The van der Waals surface area contributed by atoms with E-state index >= 15 is 0 Å². The summed E-state index contributed by atoms with van der Waals surface area (Å²) in [7, 11) is 1.63. The maximum atomic E-state index is 12.3. The third kappa shape index (κ3) is 4.21. The number of hydrogen-bond acceptors (Lipinski definition) is 4. The van der Waals surface area contributed by atoms with Gasteiger partial charge in [-0.25, -0.2) is 4.98 Å². The number of nitrogens with zero attached hydrogens (tertiary/aromatic N) is 1. The van der Waals surface area contributed by atoms with E-state index in [0.29, 0.717) is 6.54 Å². The van der Waals surface area contributed by atoms with Crippen LogP contribution in [0.5, 0.6) is 5.75 Å². The van der Waals surface area contributed by atoms with E-state index < -0.39 is 0 Å². The zero-order valence-corrected chi connectivity index (χ0v) is 16.3. The number of thiazole rings is 1. The first kappa shape index (κ1) is 18.2. The molecule has 5 heteroatoms. The van der Waals surface area contributed by atoms with Gasteiger partial charge < -0.3 is 10.1 Å². The Morgan fingerprint density at radius 2 is 1.86 bits per heavy atom. The predicted octanol–water partition coefficient (Wildman–Crippen LogP) is 4.83. The van der Waals surface area contributed by atoms with E-state index in [0.717, 1.165) is 32.1 Å². The van der Waals surface area contributed by atoms with Gasteiger partial charge in [0, 0.05) is 6.54 Å². The Bertz CT molecular complexity index is 1110. The van der Waals surface area contributed by atoms with Crippen molar-refractivity contribution in [3.8, 4) is 16.9 Å². The van der Waals surface area contributed by atoms with Gasteiger partial charge in [-0.05, 0) is 41.0 Å². The highest BCUT2D eigenvalue weighted by Crippen LogP contribution is 2.28. The molecule has 4 rings (SSSR count). The van der Waals surface area contributed by atoms with E-state index in [-0.39, 0.29) is 12.3 Å². The van der Waals surface area contributed by atoms with Crippen LogP contribution in [0.2, 0.25) is 0 Å². The van der Waals surface area contributed by atoms with Gasteiger partial charge in [0.15, 0.2) is 0 Å². The van der Waals surface area contributed by atoms with Crippen LogP contribution in [0.3, 0.4) is 0 Å². The summed E-state index contributed by atoms with van der Waals surface area (Å²) in [5.74, 6) is 0.748. The van der Waals surface area contributed by atoms with E-state index in [4.69, 9.17) is 4.74 Å². The monoisotopic (exact) mass is 388 g/mol. The molecule has 3 aromatic carbocycles. The molecule has 0 fully saturated rings. The average Bonchev–Trinajstić information content (AvgIpc) is 3.14. The molecule has 0 aliphatic rings. The summed E-state index contributed by atoms with van der Waals surface area (Å²) in [5, 5.41) is 3.78. The minimum absolute atomic E-state index is 0.0369. The topological polar surface area (TPSA) is 51.2 Å². The van der Waals surface area contributed by atoms with E-state index in [1.165, 1.54) is 5.56 Å².